The first kappa shape index (κ1) is 10.2. The largest absolute Gasteiger partial charge is 0.251 e. The van der Waals surface area contributed by atoms with E-state index in [2.05, 4.69) is 6.58 Å². The molecule has 0 spiro atoms. The molecular weight excluding hydrogens is 139 g/mol. The third kappa shape index (κ3) is 5.59. The highest BCUT2D eigenvalue weighted by molar-refractivity contribution is 5.24. The first-order valence-corrected chi connectivity index (χ1v) is 3.75. The molecule has 0 heterocycles. The quantitative estimate of drug-likeness (QED) is 0.544. The van der Waals surface area contributed by atoms with Gasteiger partial charge in [-0.2, -0.15) is 0 Å². The number of hydrogen-bond donors (Lipinski definition) is 0. The number of rotatable bonds is 4. The Morgan fingerprint density at radius 3 is 2.45 bits per heavy atom. The van der Waals surface area contributed by atoms with Crippen molar-refractivity contribution in [2.75, 3.05) is 6.67 Å². The molecule has 62 valence electrons. The molecule has 0 saturated heterocycles. The fourth-order valence-electron chi connectivity index (χ4n) is 0.682. The van der Waals surface area contributed by atoms with E-state index in [4.69, 9.17) is 0 Å². The zero-order chi connectivity index (χ0) is 8.69. The Balaban J connectivity index is 3.98. The molecule has 0 rings (SSSR count). The average molecular weight is 154 g/mol. The molecular formula is C10H15F. The first-order valence-electron chi connectivity index (χ1n) is 3.75. The third-order valence-electron chi connectivity index (χ3n) is 1.34. The Bertz CT molecular complexity index is 175. The Labute approximate surface area is 68.1 Å². The maximum Gasteiger partial charge on any atom is 0.0934 e. The van der Waals surface area contributed by atoms with Gasteiger partial charge in [-0.1, -0.05) is 30.4 Å². The molecule has 0 aromatic rings. The third-order valence-corrected chi connectivity index (χ3v) is 1.34. The van der Waals surface area contributed by atoms with Crippen LogP contribution in [0, 0.1) is 0 Å². The van der Waals surface area contributed by atoms with Crippen molar-refractivity contribution in [1.29, 1.82) is 0 Å². The monoisotopic (exact) mass is 154 g/mol. The van der Waals surface area contributed by atoms with Gasteiger partial charge in [-0.25, -0.2) is 0 Å². The van der Waals surface area contributed by atoms with Crippen LogP contribution in [0.1, 0.15) is 20.3 Å². The van der Waals surface area contributed by atoms with E-state index in [1.807, 2.05) is 32.1 Å². The lowest BCUT2D eigenvalue weighted by Gasteiger charge is -1.95. The maximum atomic E-state index is 11.9. The summed E-state index contributed by atoms with van der Waals surface area (Å²) in [6.45, 7) is 7.25. The summed E-state index contributed by atoms with van der Waals surface area (Å²) in [6, 6.07) is 0. The molecule has 0 bridgehead atoms. The molecule has 0 unspecified atom stereocenters. The van der Waals surface area contributed by atoms with Crippen LogP contribution in [0.4, 0.5) is 4.39 Å². The van der Waals surface area contributed by atoms with Gasteiger partial charge in [-0.3, -0.25) is 4.39 Å². The maximum absolute atomic E-state index is 11.9. The zero-order valence-corrected chi connectivity index (χ0v) is 7.23. The number of alkyl halides is 1. The van der Waals surface area contributed by atoms with Crippen LogP contribution in [-0.2, 0) is 0 Å². The van der Waals surface area contributed by atoms with Gasteiger partial charge >= 0.3 is 0 Å². The van der Waals surface area contributed by atoms with Crippen molar-refractivity contribution in [1.82, 2.24) is 0 Å². The van der Waals surface area contributed by atoms with Crippen LogP contribution in [0.5, 0.6) is 0 Å². The van der Waals surface area contributed by atoms with Gasteiger partial charge in [0.05, 0.1) is 6.67 Å². The van der Waals surface area contributed by atoms with E-state index in [0.29, 0.717) is 6.42 Å². The van der Waals surface area contributed by atoms with E-state index >= 15 is 0 Å². The van der Waals surface area contributed by atoms with E-state index in [9.17, 15) is 4.39 Å². The Kier molecular flexibility index (Phi) is 5.44. The van der Waals surface area contributed by atoms with Crippen molar-refractivity contribution in [2.45, 2.75) is 20.3 Å². The van der Waals surface area contributed by atoms with Gasteiger partial charge in [0.15, 0.2) is 0 Å². The summed E-state index contributed by atoms with van der Waals surface area (Å²) in [5, 5.41) is 0. The van der Waals surface area contributed by atoms with Gasteiger partial charge in [0.1, 0.15) is 0 Å². The second-order valence-electron chi connectivity index (χ2n) is 2.48. The predicted octanol–water partition coefficient (Wildman–Crippen LogP) is 3.42. The molecule has 1 heteroatoms. The zero-order valence-electron chi connectivity index (χ0n) is 7.23. The topological polar surface area (TPSA) is 0 Å². The average Bonchev–Trinajstić information content (AvgIpc) is 1.97. The molecule has 0 radical (unpaired) electrons. The molecule has 0 aliphatic heterocycles. The van der Waals surface area contributed by atoms with Crippen molar-refractivity contribution >= 4 is 0 Å². The van der Waals surface area contributed by atoms with E-state index in [1.165, 1.54) is 0 Å². The highest BCUT2D eigenvalue weighted by Crippen LogP contribution is 2.04. The van der Waals surface area contributed by atoms with Crippen LogP contribution >= 0.6 is 0 Å². The lowest BCUT2D eigenvalue weighted by Crippen LogP contribution is -1.80. The molecule has 0 saturated carbocycles. The minimum absolute atomic E-state index is 0.291. The molecule has 11 heavy (non-hydrogen) atoms. The molecule has 0 aliphatic carbocycles. The van der Waals surface area contributed by atoms with Crippen LogP contribution in [0.25, 0.3) is 0 Å². The van der Waals surface area contributed by atoms with Crippen molar-refractivity contribution in [3.8, 4) is 0 Å². The van der Waals surface area contributed by atoms with E-state index in [-0.39, 0.29) is 6.67 Å². The van der Waals surface area contributed by atoms with Gasteiger partial charge in [-0.05, 0) is 19.4 Å². The van der Waals surface area contributed by atoms with Crippen LogP contribution in [0.2, 0.25) is 0 Å². The molecule has 0 amide bonds. The van der Waals surface area contributed by atoms with Crippen LogP contribution in [0.15, 0.2) is 36.0 Å². The number of halogens is 1. The molecule has 0 aliphatic rings. The number of hydrogen-bond acceptors (Lipinski definition) is 0. The first-order chi connectivity index (χ1) is 5.20. The van der Waals surface area contributed by atoms with Crippen molar-refractivity contribution in [3.63, 3.8) is 0 Å². The second kappa shape index (κ2) is 5.90. The molecule has 0 aromatic heterocycles. The lowest BCUT2D eigenvalue weighted by atomic mass is 10.1. The van der Waals surface area contributed by atoms with E-state index < -0.39 is 0 Å². The summed E-state index contributed by atoms with van der Waals surface area (Å²) in [5.41, 5.74) is 2.01. The highest BCUT2D eigenvalue weighted by atomic mass is 19.1. The predicted molar refractivity (Wildman–Crippen MR) is 48.3 cm³/mol. The summed E-state index contributed by atoms with van der Waals surface area (Å²) < 4.78 is 11.9. The van der Waals surface area contributed by atoms with Crippen molar-refractivity contribution < 1.29 is 4.39 Å². The van der Waals surface area contributed by atoms with Gasteiger partial charge in [0.2, 0.25) is 0 Å². The summed E-state index contributed by atoms with van der Waals surface area (Å²) >= 11 is 0. The smallest absolute Gasteiger partial charge is 0.0934 e. The van der Waals surface area contributed by atoms with Crippen LogP contribution in [0.3, 0.4) is 0 Å². The summed E-state index contributed by atoms with van der Waals surface area (Å²) in [4.78, 5) is 0. The van der Waals surface area contributed by atoms with Gasteiger partial charge in [0.25, 0.3) is 0 Å². The van der Waals surface area contributed by atoms with Crippen LogP contribution in [-0.4, -0.2) is 6.67 Å². The minimum atomic E-state index is -0.291. The SMILES string of the molecule is C=C(C)/C=C\C(=C/C)CCF. The van der Waals surface area contributed by atoms with Gasteiger partial charge < -0.3 is 0 Å². The normalized spacial score (nSPS) is 12.5. The molecule has 0 N–H and O–H groups in total. The van der Waals surface area contributed by atoms with E-state index in [1.54, 1.807) is 0 Å². The Hall–Kier alpha value is -0.850. The fourth-order valence-corrected chi connectivity index (χ4v) is 0.682. The number of allylic oxidation sites excluding steroid dienone is 5. The highest BCUT2D eigenvalue weighted by Gasteiger charge is 1.88. The van der Waals surface area contributed by atoms with Gasteiger partial charge in [0, 0.05) is 6.42 Å². The Morgan fingerprint density at radius 2 is 2.09 bits per heavy atom. The molecule has 0 fully saturated rings. The molecule has 0 atom stereocenters. The van der Waals surface area contributed by atoms with Crippen molar-refractivity contribution in [3.05, 3.63) is 36.0 Å². The summed E-state index contributed by atoms with van der Waals surface area (Å²) in [6.07, 6.45) is 6.21. The lowest BCUT2D eigenvalue weighted by molar-refractivity contribution is 0.496. The Morgan fingerprint density at radius 1 is 1.45 bits per heavy atom. The molecule has 0 aromatic carbocycles. The second-order valence-corrected chi connectivity index (χ2v) is 2.48. The standard InChI is InChI=1S/C10H15F/c1-4-10(7-8-11)6-5-9(2)3/h4-6H,2,7-8H2,1,3H3/b6-5-,10-4+. The minimum Gasteiger partial charge on any atom is -0.251 e. The fraction of sp³-hybridized carbons (Fsp3) is 0.400. The van der Waals surface area contributed by atoms with Crippen LogP contribution < -0.4 is 0 Å². The molecule has 0 nitrogen and oxygen atoms in total. The summed E-state index contributed by atoms with van der Waals surface area (Å²) in [5.74, 6) is 0. The van der Waals surface area contributed by atoms with E-state index in [0.717, 1.165) is 11.1 Å². The summed E-state index contributed by atoms with van der Waals surface area (Å²) in [7, 11) is 0. The van der Waals surface area contributed by atoms with Gasteiger partial charge in [-0.15, -0.1) is 0 Å². The van der Waals surface area contributed by atoms with Crippen molar-refractivity contribution in [2.24, 2.45) is 0 Å².